The molecule has 0 aliphatic heterocycles. The minimum Gasteiger partial charge on any atom is -0.335 e. The lowest BCUT2D eigenvalue weighted by Crippen LogP contribution is -2.44. The molecule has 2 aliphatic carbocycles. The standard InChI is InChI=1S/C13H24N2O/c1-2-6-10-9-12(10)15-13(16)14-11-7-4-3-5-8-11/h10-12H,2-9H2,1H3,(H2,14,15,16). The molecular weight excluding hydrogens is 200 g/mol. The monoisotopic (exact) mass is 224 g/mol. The predicted octanol–water partition coefficient (Wildman–Crippen LogP) is 2.81. The number of urea groups is 1. The molecule has 2 aliphatic rings. The summed E-state index contributed by atoms with van der Waals surface area (Å²) in [6, 6.07) is 0.955. The summed E-state index contributed by atoms with van der Waals surface area (Å²) in [4.78, 5) is 11.7. The molecule has 0 spiro atoms. The summed E-state index contributed by atoms with van der Waals surface area (Å²) >= 11 is 0. The second-order valence-corrected chi connectivity index (χ2v) is 5.34. The summed E-state index contributed by atoms with van der Waals surface area (Å²) < 4.78 is 0. The van der Waals surface area contributed by atoms with Crippen LogP contribution in [0.3, 0.4) is 0 Å². The van der Waals surface area contributed by atoms with Gasteiger partial charge in [-0.2, -0.15) is 0 Å². The maximum atomic E-state index is 11.7. The van der Waals surface area contributed by atoms with Crippen LogP contribution in [0.2, 0.25) is 0 Å². The van der Waals surface area contributed by atoms with Gasteiger partial charge in [0.05, 0.1) is 0 Å². The van der Waals surface area contributed by atoms with Crippen molar-refractivity contribution in [3.63, 3.8) is 0 Å². The van der Waals surface area contributed by atoms with Crippen LogP contribution < -0.4 is 10.6 Å². The van der Waals surface area contributed by atoms with Crippen molar-refractivity contribution in [1.82, 2.24) is 10.6 Å². The summed E-state index contributed by atoms with van der Waals surface area (Å²) in [7, 11) is 0. The Hall–Kier alpha value is -0.730. The lowest BCUT2D eigenvalue weighted by Gasteiger charge is -2.22. The van der Waals surface area contributed by atoms with Gasteiger partial charge < -0.3 is 10.6 Å². The molecule has 92 valence electrons. The van der Waals surface area contributed by atoms with Gasteiger partial charge in [-0.15, -0.1) is 0 Å². The first kappa shape index (κ1) is 11.7. The highest BCUT2D eigenvalue weighted by atomic mass is 16.2. The van der Waals surface area contributed by atoms with Crippen molar-refractivity contribution >= 4 is 6.03 Å². The van der Waals surface area contributed by atoms with E-state index in [4.69, 9.17) is 0 Å². The number of amides is 2. The summed E-state index contributed by atoms with van der Waals surface area (Å²) in [6.07, 6.45) is 9.88. The fraction of sp³-hybridized carbons (Fsp3) is 0.923. The molecule has 0 aromatic heterocycles. The van der Waals surface area contributed by atoms with Gasteiger partial charge in [0, 0.05) is 12.1 Å². The first-order chi connectivity index (χ1) is 7.79. The first-order valence-corrected chi connectivity index (χ1v) is 6.86. The maximum absolute atomic E-state index is 11.7. The number of hydrogen-bond acceptors (Lipinski definition) is 1. The molecule has 3 heteroatoms. The van der Waals surface area contributed by atoms with E-state index in [9.17, 15) is 4.79 Å². The quantitative estimate of drug-likeness (QED) is 0.757. The number of carbonyl (C=O) groups is 1. The number of rotatable bonds is 4. The second-order valence-electron chi connectivity index (χ2n) is 5.34. The zero-order valence-electron chi connectivity index (χ0n) is 10.3. The van der Waals surface area contributed by atoms with E-state index in [1.807, 2.05) is 0 Å². The van der Waals surface area contributed by atoms with Crippen LogP contribution in [0, 0.1) is 5.92 Å². The highest BCUT2D eigenvalue weighted by Gasteiger charge is 2.37. The van der Waals surface area contributed by atoms with Crippen molar-refractivity contribution in [2.24, 2.45) is 5.92 Å². The Balaban J connectivity index is 1.61. The molecule has 2 unspecified atom stereocenters. The average molecular weight is 224 g/mol. The molecule has 0 aromatic carbocycles. The van der Waals surface area contributed by atoms with Gasteiger partial charge >= 0.3 is 6.03 Å². The molecule has 2 amide bonds. The van der Waals surface area contributed by atoms with E-state index in [1.54, 1.807) is 0 Å². The molecule has 0 saturated heterocycles. The molecule has 2 fully saturated rings. The molecule has 2 rings (SSSR count). The fourth-order valence-electron chi connectivity index (χ4n) is 2.76. The van der Waals surface area contributed by atoms with Gasteiger partial charge in [-0.1, -0.05) is 32.6 Å². The molecule has 3 nitrogen and oxygen atoms in total. The third-order valence-corrected chi connectivity index (χ3v) is 3.84. The number of carbonyl (C=O) groups excluding carboxylic acids is 1. The van der Waals surface area contributed by atoms with Gasteiger partial charge in [0.1, 0.15) is 0 Å². The van der Waals surface area contributed by atoms with Gasteiger partial charge in [-0.05, 0) is 31.6 Å². The SMILES string of the molecule is CCCC1CC1NC(=O)NC1CCCCC1. The van der Waals surface area contributed by atoms with Crippen LogP contribution in [0.15, 0.2) is 0 Å². The highest BCUT2D eigenvalue weighted by molar-refractivity contribution is 5.75. The van der Waals surface area contributed by atoms with Crippen molar-refractivity contribution in [3.8, 4) is 0 Å². The van der Waals surface area contributed by atoms with Gasteiger partial charge in [0.15, 0.2) is 0 Å². The molecule has 16 heavy (non-hydrogen) atoms. The smallest absolute Gasteiger partial charge is 0.315 e. The lowest BCUT2D eigenvalue weighted by atomic mass is 9.96. The topological polar surface area (TPSA) is 41.1 Å². The molecule has 0 bridgehead atoms. The van der Waals surface area contributed by atoms with Gasteiger partial charge in [-0.3, -0.25) is 0 Å². The third-order valence-electron chi connectivity index (χ3n) is 3.84. The Labute approximate surface area is 98.4 Å². The van der Waals surface area contributed by atoms with Crippen LogP contribution in [-0.2, 0) is 0 Å². The molecule has 2 N–H and O–H groups in total. The van der Waals surface area contributed by atoms with Gasteiger partial charge in [0.25, 0.3) is 0 Å². The van der Waals surface area contributed by atoms with E-state index in [1.165, 1.54) is 38.5 Å². The van der Waals surface area contributed by atoms with Crippen LogP contribution in [0.4, 0.5) is 4.79 Å². The number of nitrogens with one attached hydrogen (secondary N) is 2. The number of hydrogen-bond donors (Lipinski definition) is 2. The normalized spacial score (nSPS) is 29.8. The van der Waals surface area contributed by atoms with E-state index in [-0.39, 0.29) is 6.03 Å². The van der Waals surface area contributed by atoms with Gasteiger partial charge in [-0.25, -0.2) is 4.79 Å². The highest BCUT2D eigenvalue weighted by Crippen LogP contribution is 2.34. The van der Waals surface area contributed by atoms with Crippen LogP contribution >= 0.6 is 0 Å². The predicted molar refractivity (Wildman–Crippen MR) is 65.3 cm³/mol. The van der Waals surface area contributed by atoms with E-state index >= 15 is 0 Å². The van der Waals surface area contributed by atoms with E-state index in [0.717, 1.165) is 18.8 Å². The molecule has 0 heterocycles. The Morgan fingerprint density at radius 3 is 2.62 bits per heavy atom. The van der Waals surface area contributed by atoms with E-state index in [2.05, 4.69) is 17.6 Å². The Morgan fingerprint density at radius 2 is 1.94 bits per heavy atom. The van der Waals surface area contributed by atoms with Crippen molar-refractivity contribution in [1.29, 1.82) is 0 Å². The Bertz CT molecular complexity index is 236. The van der Waals surface area contributed by atoms with E-state index in [0.29, 0.717) is 12.1 Å². The van der Waals surface area contributed by atoms with Crippen LogP contribution in [0.25, 0.3) is 0 Å². The fourth-order valence-corrected chi connectivity index (χ4v) is 2.76. The zero-order valence-corrected chi connectivity index (χ0v) is 10.3. The van der Waals surface area contributed by atoms with Crippen molar-refractivity contribution in [2.45, 2.75) is 70.4 Å². The molecule has 0 radical (unpaired) electrons. The van der Waals surface area contributed by atoms with Crippen LogP contribution in [-0.4, -0.2) is 18.1 Å². The molecule has 2 atom stereocenters. The summed E-state index contributed by atoms with van der Waals surface area (Å²) in [5.41, 5.74) is 0. The van der Waals surface area contributed by atoms with Crippen molar-refractivity contribution in [2.75, 3.05) is 0 Å². The van der Waals surface area contributed by atoms with Gasteiger partial charge in [0.2, 0.25) is 0 Å². The van der Waals surface area contributed by atoms with Crippen LogP contribution in [0.5, 0.6) is 0 Å². The molecule has 0 aromatic rings. The zero-order chi connectivity index (χ0) is 11.4. The second kappa shape index (κ2) is 5.55. The lowest BCUT2D eigenvalue weighted by molar-refractivity contribution is 0.231. The largest absolute Gasteiger partial charge is 0.335 e. The van der Waals surface area contributed by atoms with Crippen molar-refractivity contribution < 1.29 is 4.79 Å². The Kier molecular flexibility index (Phi) is 4.08. The minimum absolute atomic E-state index is 0.0653. The Morgan fingerprint density at radius 1 is 1.19 bits per heavy atom. The first-order valence-electron chi connectivity index (χ1n) is 6.86. The maximum Gasteiger partial charge on any atom is 0.315 e. The van der Waals surface area contributed by atoms with Crippen LogP contribution in [0.1, 0.15) is 58.3 Å². The molecule has 2 saturated carbocycles. The summed E-state index contributed by atoms with van der Waals surface area (Å²) in [5.74, 6) is 0.752. The minimum atomic E-state index is 0.0653. The average Bonchev–Trinajstić information content (AvgIpc) is 2.98. The molecular formula is C13H24N2O. The van der Waals surface area contributed by atoms with Crippen molar-refractivity contribution in [3.05, 3.63) is 0 Å². The summed E-state index contributed by atoms with van der Waals surface area (Å²) in [6.45, 7) is 2.21. The van der Waals surface area contributed by atoms with E-state index < -0.39 is 0 Å². The summed E-state index contributed by atoms with van der Waals surface area (Å²) in [5, 5.41) is 6.19. The third kappa shape index (κ3) is 3.39.